The van der Waals surface area contributed by atoms with Gasteiger partial charge in [0.05, 0.1) is 16.3 Å². The van der Waals surface area contributed by atoms with Gasteiger partial charge in [-0.1, -0.05) is 19.1 Å². The molecule has 0 amide bonds. The Balaban J connectivity index is 1.68. The van der Waals surface area contributed by atoms with E-state index in [1.54, 1.807) is 18.3 Å². The molecule has 0 N–H and O–H groups in total. The van der Waals surface area contributed by atoms with Gasteiger partial charge in [-0.05, 0) is 31.0 Å². The van der Waals surface area contributed by atoms with E-state index in [1.165, 1.54) is 4.31 Å². The summed E-state index contributed by atoms with van der Waals surface area (Å²) in [5.74, 6) is 0. The lowest BCUT2D eigenvalue weighted by molar-refractivity contribution is 0.384. The van der Waals surface area contributed by atoms with Gasteiger partial charge >= 0.3 is 0 Å². The van der Waals surface area contributed by atoms with Gasteiger partial charge < -0.3 is 0 Å². The minimum atomic E-state index is -3.50. The molecule has 4 rings (SSSR count). The molecule has 3 heterocycles. The summed E-state index contributed by atoms with van der Waals surface area (Å²) in [6.45, 7) is 4.76. The second-order valence-electron chi connectivity index (χ2n) is 6.37. The topological polar surface area (TPSA) is 67.6 Å². The van der Waals surface area contributed by atoms with E-state index in [-0.39, 0.29) is 0 Å². The van der Waals surface area contributed by atoms with E-state index in [1.807, 2.05) is 29.6 Å². The van der Waals surface area contributed by atoms with Crippen LogP contribution >= 0.6 is 0 Å². The van der Waals surface area contributed by atoms with Crippen molar-refractivity contribution in [3.8, 4) is 0 Å². The Morgan fingerprint density at radius 2 is 1.96 bits per heavy atom. The molecule has 2 aromatic heterocycles. The summed E-state index contributed by atoms with van der Waals surface area (Å²) in [6, 6.07) is 9.08. The van der Waals surface area contributed by atoms with Crippen molar-refractivity contribution in [1.82, 2.24) is 18.9 Å². The largest absolute Gasteiger partial charge is 0.243 e. The zero-order valence-electron chi connectivity index (χ0n) is 14.3. The zero-order valence-corrected chi connectivity index (χ0v) is 15.1. The zero-order chi connectivity index (χ0) is 17.6. The molecule has 3 aromatic rings. The summed E-state index contributed by atoms with van der Waals surface area (Å²) in [5, 5.41) is 4.48. The second-order valence-corrected chi connectivity index (χ2v) is 8.31. The van der Waals surface area contributed by atoms with Gasteiger partial charge in [0, 0.05) is 37.3 Å². The number of hydrogen-bond acceptors (Lipinski definition) is 4. The molecule has 0 atom stereocenters. The van der Waals surface area contributed by atoms with Gasteiger partial charge in [0.15, 0.2) is 5.65 Å². The normalized spacial score (nSPS) is 15.4. The van der Waals surface area contributed by atoms with Crippen molar-refractivity contribution in [3.05, 3.63) is 59.0 Å². The van der Waals surface area contributed by atoms with Crippen molar-refractivity contribution >= 4 is 15.7 Å². The Kier molecular flexibility index (Phi) is 3.85. The van der Waals surface area contributed by atoms with Crippen molar-refractivity contribution in [1.29, 1.82) is 0 Å². The van der Waals surface area contributed by atoms with Gasteiger partial charge in [0.25, 0.3) is 0 Å². The van der Waals surface area contributed by atoms with Gasteiger partial charge in [-0.2, -0.15) is 9.40 Å². The number of aryl methyl sites for hydroxylation is 2. The molecule has 0 saturated carbocycles. The smallest absolute Gasteiger partial charge is 0.237 e. The summed E-state index contributed by atoms with van der Waals surface area (Å²) < 4.78 is 29.3. The Bertz CT molecular complexity index is 1040. The summed E-state index contributed by atoms with van der Waals surface area (Å²) in [7, 11) is -3.50. The summed E-state index contributed by atoms with van der Waals surface area (Å²) in [5.41, 5.74) is 4.81. The molecule has 0 saturated heterocycles. The highest BCUT2D eigenvalue weighted by molar-refractivity contribution is 7.89. The van der Waals surface area contributed by atoms with E-state index < -0.39 is 10.0 Å². The third kappa shape index (κ3) is 2.73. The average molecular weight is 356 g/mol. The third-order valence-corrected chi connectivity index (χ3v) is 6.57. The summed E-state index contributed by atoms with van der Waals surface area (Å²) >= 11 is 0. The van der Waals surface area contributed by atoms with Crippen LogP contribution in [0.3, 0.4) is 0 Å². The Morgan fingerprint density at radius 1 is 1.20 bits per heavy atom. The molecule has 0 unspecified atom stereocenters. The van der Waals surface area contributed by atoms with Crippen LogP contribution in [0.5, 0.6) is 0 Å². The summed E-state index contributed by atoms with van der Waals surface area (Å²) in [6.07, 6.45) is 3.29. The van der Waals surface area contributed by atoms with E-state index in [4.69, 9.17) is 0 Å². The van der Waals surface area contributed by atoms with Crippen molar-refractivity contribution in [2.24, 2.45) is 0 Å². The lowest BCUT2D eigenvalue weighted by Gasteiger charge is -2.28. The lowest BCUT2D eigenvalue weighted by atomic mass is 10.1. The fourth-order valence-corrected chi connectivity index (χ4v) is 4.70. The van der Waals surface area contributed by atoms with Crippen LogP contribution in [-0.4, -0.2) is 33.9 Å². The molecule has 1 aliphatic rings. The van der Waals surface area contributed by atoms with Crippen LogP contribution < -0.4 is 0 Å². The Labute approximate surface area is 147 Å². The first-order valence-electron chi connectivity index (χ1n) is 8.41. The molecular weight excluding hydrogens is 336 g/mol. The number of benzene rings is 1. The van der Waals surface area contributed by atoms with Crippen molar-refractivity contribution in [2.45, 2.75) is 38.1 Å². The van der Waals surface area contributed by atoms with Crippen LogP contribution in [0.15, 0.2) is 41.4 Å². The second kappa shape index (κ2) is 5.93. The molecular formula is C18H20N4O2S. The first kappa shape index (κ1) is 16.2. The van der Waals surface area contributed by atoms with Crippen molar-refractivity contribution < 1.29 is 8.42 Å². The molecule has 0 fully saturated rings. The first-order chi connectivity index (χ1) is 12.0. The van der Waals surface area contributed by atoms with Crippen LogP contribution in [-0.2, 0) is 29.4 Å². The molecule has 7 heteroatoms. The highest BCUT2D eigenvalue weighted by atomic mass is 32.2. The molecule has 1 aromatic carbocycles. The highest BCUT2D eigenvalue weighted by Crippen LogP contribution is 2.25. The van der Waals surface area contributed by atoms with Gasteiger partial charge in [-0.3, -0.25) is 0 Å². The monoisotopic (exact) mass is 356 g/mol. The van der Waals surface area contributed by atoms with Crippen molar-refractivity contribution in [3.63, 3.8) is 0 Å². The third-order valence-electron chi connectivity index (χ3n) is 4.71. The van der Waals surface area contributed by atoms with Gasteiger partial charge in [-0.15, -0.1) is 0 Å². The van der Waals surface area contributed by atoms with Gasteiger partial charge in [0.2, 0.25) is 10.0 Å². The quantitative estimate of drug-likeness (QED) is 0.722. The van der Waals surface area contributed by atoms with Crippen LogP contribution in [0, 0.1) is 6.92 Å². The van der Waals surface area contributed by atoms with E-state index in [2.05, 4.69) is 17.0 Å². The van der Waals surface area contributed by atoms with E-state index in [0.29, 0.717) is 24.4 Å². The number of sulfonamides is 1. The first-order valence-corrected chi connectivity index (χ1v) is 9.85. The summed E-state index contributed by atoms with van der Waals surface area (Å²) in [4.78, 5) is 4.75. The Morgan fingerprint density at radius 3 is 2.68 bits per heavy atom. The number of aromatic nitrogens is 3. The lowest BCUT2D eigenvalue weighted by Crippen LogP contribution is -2.37. The maximum absolute atomic E-state index is 12.9. The molecule has 0 bridgehead atoms. The molecule has 130 valence electrons. The molecule has 6 nitrogen and oxygen atoms in total. The minimum absolute atomic E-state index is 0.328. The van der Waals surface area contributed by atoms with E-state index >= 15 is 0 Å². The number of nitrogens with zero attached hydrogens (tertiary/aromatic N) is 4. The molecule has 0 radical (unpaired) electrons. The van der Waals surface area contributed by atoms with E-state index in [0.717, 1.165) is 34.6 Å². The highest BCUT2D eigenvalue weighted by Gasteiger charge is 2.29. The molecule has 1 aliphatic heterocycles. The average Bonchev–Trinajstić information content (AvgIpc) is 3.02. The minimum Gasteiger partial charge on any atom is -0.237 e. The van der Waals surface area contributed by atoms with Gasteiger partial charge in [-0.25, -0.2) is 17.9 Å². The van der Waals surface area contributed by atoms with Gasteiger partial charge in [0.1, 0.15) is 0 Å². The van der Waals surface area contributed by atoms with Crippen LogP contribution in [0.25, 0.3) is 5.65 Å². The van der Waals surface area contributed by atoms with Crippen LogP contribution in [0.4, 0.5) is 0 Å². The molecule has 25 heavy (non-hydrogen) atoms. The van der Waals surface area contributed by atoms with E-state index in [9.17, 15) is 8.42 Å². The predicted octanol–water partition coefficient (Wildman–Crippen LogP) is 2.35. The van der Waals surface area contributed by atoms with Crippen molar-refractivity contribution in [2.75, 3.05) is 6.54 Å². The number of fused-ring (bicyclic) bond motifs is 3. The Hall–Kier alpha value is -2.25. The maximum Gasteiger partial charge on any atom is 0.243 e. The van der Waals surface area contributed by atoms with Crippen LogP contribution in [0.1, 0.15) is 29.4 Å². The fourth-order valence-electron chi connectivity index (χ4n) is 3.28. The predicted molar refractivity (Wildman–Crippen MR) is 94.8 cm³/mol. The molecule has 0 spiro atoms. The molecule has 0 aliphatic carbocycles. The number of hydrogen-bond donors (Lipinski definition) is 0. The number of rotatable bonds is 3. The standard InChI is InChI=1S/C18H20N4O2S/c1-3-14-4-6-16(7-5-14)25(23,24)21-9-8-17-15(12-21)11-19-18-10-13(2)20-22(17)18/h4-7,10-11H,3,8-9,12H2,1-2H3. The van der Waals surface area contributed by atoms with Crippen LogP contribution in [0.2, 0.25) is 0 Å². The fraction of sp³-hybridized carbons (Fsp3) is 0.333. The maximum atomic E-state index is 12.9. The SMILES string of the molecule is CCc1ccc(S(=O)(=O)N2CCc3c(cnc4cc(C)nn34)C2)cc1.